The molecule has 0 spiro atoms. The van der Waals surface area contributed by atoms with Crippen LogP contribution in [0.4, 0.5) is 17.6 Å². The van der Waals surface area contributed by atoms with Crippen LogP contribution in [0.2, 0.25) is 0 Å². The molecule has 0 amide bonds. The summed E-state index contributed by atoms with van der Waals surface area (Å²) < 4.78 is 52.2. The molecule has 0 aliphatic heterocycles. The second-order valence-corrected chi connectivity index (χ2v) is 6.98. The predicted molar refractivity (Wildman–Crippen MR) is 107 cm³/mol. The SMILES string of the molecule is CN=C(NCc1ccc(F)cc1C(F)(F)F)NCC(C)(C)CN(C)C.I. The van der Waals surface area contributed by atoms with Gasteiger partial charge in [0.15, 0.2) is 5.96 Å². The summed E-state index contributed by atoms with van der Waals surface area (Å²) in [4.78, 5) is 6.08. The lowest BCUT2D eigenvalue weighted by Crippen LogP contribution is -2.44. The first-order valence-corrected chi connectivity index (χ1v) is 7.89. The zero-order valence-corrected chi connectivity index (χ0v) is 18.0. The van der Waals surface area contributed by atoms with Crippen molar-refractivity contribution in [1.82, 2.24) is 15.5 Å². The Morgan fingerprint density at radius 1 is 1.15 bits per heavy atom. The van der Waals surface area contributed by atoms with Gasteiger partial charge in [0, 0.05) is 26.7 Å². The fraction of sp³-hybridized carbons (Fsp3) is 0.588. The van der Waals surface area contributed by atoms with Gasteiger partial charge in [-0.05, 0) is 37.2 Å². The van der Waals surface area contributed by atoms with Gasteiger partial charge in [-0.25, -0.2) is 4.39 Å². The van der Waals surface area contributed by atoms with E-state index >= 15 is 0 Å². The van der Waals surface area contributed by atoms with E-state index in [9.17, 15) is 17.6 Å². The Bertz CT molecular complexity index is 601. The Labute approximate surface area is 169 Å². The van der Waals surface area contributed by atoms with Crippen LogP contribution in [0.1, 0.15) is 25.0 Å². The molecule has 2 N–H and O–H groups in total. The van der Waals surface area contributed by atoms with Gasteiger partial charge in [-0.2, -0.15) is 13.2 Å². The van der Waals surface area contributed by atoms with Crippen LogP contribution >= 0.6 is 24.0 Å². The largest absolute Gasteiger partial charge is 0.416 e. The number of hydrogen-bond donors (Lipinski definition) is 2. The van der Waals surface area contributed by atoms with E-state index in [4.69, 9.17) is 0 Å². The van der Waals surface area contributed by atoms with Crippen molar-refractivity contribution in [2.45, 2.75) is 26.6 Å². The Morgan fingerprint density at radius 2 is 1.77 bits per heavy atom. The van der Waals surface area contributed by atoms with Crippen molar-refractivity contribution in [3.05, 3.63) is 35.1 Å². The van der Waals surface area contributed by atoms with Crippen LogP contribution in [0.3, 0.4) is 0 Å². The minimum absolute atomic E-state index is 0. The Hall–Kier alpha value is -1.10. The van der Waals surface area contributed by atoms with E-state index in [-0.39, 0.29) is 41.5 Å². The van der Waals surface area contributed by atoms with E-state index in [1.54, 1.807) is 7.05 Å². The maximum absolute atomic E-state index is 13.1. The van der Waals surface area contributed by atoms with Crippen molar-refractivity contribution in [2.24, 2.45) is 10.4 Å². The Kier molecular flexibility index (Phi) is 9.85. The summed E-state index contributed by atoms with van der Waals surface area (Å²) in [7, 11) is 5.49. The number of nitrogens with one attached hydrogen (secondary N) is 2. The van der Waals surface area contributed by atoms with Crippen molar-refractivity contribution in [3.63, 3.8) is 0 Å². The standard InChI is InChI=1S/C17H26F4N4.HI/c1-16(2,11-25(4)5)10-24-15(22-3)23-9-12-6-7-13(18)8-14(12)17(19,20)21;/h6-8H,9-11H2,1-5H3,(H2,22,23,24);1H. The summed E-state index contributed by atoms with van der Waals surface area (Å²) in [6.07, 6.45) is -4.61. The highest BCUT2D eigenvalue weighted by atomic mass is 127. The van der Waals surface area contributed by atoms with Gasteiger partial charge in [0.25, 0.3) is 0 Å². The van der Waals surface area contributed by atoms with Gasteiger partial charge in [-0.3, -0.25) is 4.99 Å². The number of rotatable bonds is 6. The first kappa shape index (κ1) is 24.9. The summed E-state index contributed by atoms with van der Waals surface area (Å²) in [6.45, 7) is 5.49. The predicted octanol–water partition coefficient (Wildman–Crippen LogP) is 3.72. The van der Waals surface area contributed by atoms with Crippen LogP contribution in [-0.4, -0.2) is 45.1 Å². The first-order valence-electron chi connectivity index (χ1n) is 7.89. The third-order valence-electron chi connectivity index (χ3n) is 3.53. The molecule has 1 rings (SSSR count). The number of hydrogen-bond acceptors (Lipinski definition) is 2. The molecule has 0 bridgehead atoms. The van der Waals surface area contributed by atoms with Crippen LogP contribution in [0.25, 0.3) is 0 Å². The van der Waals surface area contributed by atoms with Crippen LogP contribution in [-0.2, 0) is 12.7 Å². The lowest BCUT2D eigenvalue weighted by Gasteiger charge is -2.29. The summed E-state index contributed by atoms with van der Waals surface area (Å²) in [5.41, 5.74) is -1.07. The molecule has 0 radical (unpaired) electrons. The highest BCUT2D eigenvalue weighted by Gasteiger charge is 2.33. The quantitative estimate of drug-likeness (QED) is 0.277. The fourth-order valence-electron chi connectivity index (χ4n) is 2.60. The van der Waals surface area contributed by atoms with Gasteiger partial charge in [-0.1, -0.05) is 19.9 Å². The molecule has 26 heavy (non-hydrogen) atoms. The second kappa shape index (κ2) is 10.3. The molecule has 9 heteroatoms. The molecule has 0 saturated carbocycles. The van der Waals surface area contributed by atoms with Crippen molar-refractivity contribution >= 4 is 29.9 Å². The molecule has 1 aromatic rings. The monoisotopic (exact) mass is 490 g/mol. The maximum atomic E-state index is 13.1. The molecule has 0 fully saturated rings. The lowest BCUT2D eigenvalue weighted by atomic mass is 9.93. The summed E-state index contributed by atoms with van der Waals surface area (Å²) in [5, 5.41) is 5.96. The highest BCUT2D eigenvalue weighted by molar-refractivity contribution is 14.0. The molecule has 4 nitrogen and oxygen atoms in total. The van der Waals surface area contributed by atoms with Crippen molar-refractivity contribution in [2.75, 3.05) is 34.2 Å². The second-order valence-electron chi connectivity index (χ2n) is 6.98. The average molecular weight is 490 g/mol. The molecule has 0 aromatic heterocycles. The fourth-order valence-corrected chi connectivity index (χ4v) is 2.60. The summed E-state index contributed by atoms with van der Waals surface area (Å²) in [6, 6.07) is 2.66. The molecular formula is C17H27F4IN4. The maximum Gasteiger partial charge on any atom is 0.416 e. The van der Waals surface area contributed by atoms with Crippen molar-refractivity contribution < 1.29 is 17.6 Å². The molecule has 1 aromatic carbocycles. The van der Waals surface area contributed by atoms with E-state index < -0.39 is 17.6 Å². The van der Waals surface area contributed by atoms with Crippen molar-refractivity contribution in [3.8, 4) is 0 Å². The smallest absolute Gasteiger partial charge is 0.356 e. The molecule has 0 aliphatic rings. The van der Waals surface area contributed by atoms with Crippen LogP contribution in [0, 0.1) is 11.2 Å². The van der Waals surface area contributed by atoms with E-state index in [2.05, 4.69) is 34.4 Å². The first-order chi connectivity index (χ1) is 11.4. The van der Waals surface area contributed by atoms with Crippen LogP contribution < -0.4 is 10.6 Å². The van der Waals surface area contributed by atoms with E-state index in [0.717, 1.165) is 18.7 Å². The Morgan fingerprint density at radius 3 is 2.27 bits per heavy atom. The minimum Gasteiger partial charge on any atom is -0.356 e. The third-order valence-corrected chi connectivity index (χ3v) is 3.53. The normalized spacial score (nSPS) is 12.8. The van der Waals surface area contributed by atoms with E-state index in [1.165, 1.54) is 0 Å². The molecule has 0 aliphatic carbocycles. The van der Waals surface area contributed by atoms with Crippen LogP contribution in [0.5, 0.6) is 0 Å². The van der Waals surface area contributed by atoms with Crippen molar-refractivity contribution in [1.29, 1.82) is 0 Å². The molecule has 0 unspecified atom stereocenters. The Balaban J connectivity index is 0.00000625. The molecule has 0 saturated heterocycles. The molecule has 150 valence electrons. The van der Waals surface area contributed by atoms with E-state index in [0.29, 0.717) is 18.6 Å². The summed E-state index contributed by atoms with van der Waals surface area (Å²) in [5.74, 6) is -0.520. The topological polar surface area (TPSA) is 39.7 Å². The zero-order chi connectivity index (χ0) is 19.3. The average Bonchev–Trinajstić information content (AvgIpc) is 2.46. The zero-order valence-electron chi connectivity index (χ0n) is 15.7. The van der Waals surface area contributed by atoms with Gasteiger partial charge in [0.05, 0.1) is 5.56 Å². The molecular weight excluding hydrogens is 463 g/mol. The number of benzene rings is 1. The van der Waals surface area contributed by atoms with Gasteiger partial charge in [0.2, 0.25) is 0 Å². The van der Waals surface area contributed by atoms with Gasteiger partial charge in [-0.15, -0.1) is 24.0 Å². The number of nitrogens with zero attached hydrogens (tertiary/aromatic N) is 2. The lowest BCUT2D eigenvalue weighted by molar-refractivity contribution is -0.138. The highest BCUT2D eigenvalue weighted by Crippen LogP contribution is 2.32. The minimum atomic E-state index is -4.61. The molecule has 0 heterocycles. The van der Waals surface area contributed by atoms with Crippen LogP contribution in [0.15, 0.2) is 23.2 Å². The molecule has 0 atom stereocenters. The number of alkyl halides is 3. The number of guanidine groups is 1. The number of halogens is 5. The van der Waals surface area contributed by atoms with E-state index in [1.807, 2.05) is 14.1 Å². The van der Waals surface area contributed by atoms with Gasteiger partial charge >= 0.3 is 6.18 Å². The third kappa shape index (κ3) is 8.52. The summed E-state index contributed by atoms with van der Waals surface area (Å²) >= 11 is 0. The van der Waals surface area contributed by atoms with Gasteiger partial charge in [0.1, 0.15) is 5.82 Å². The number of aliphatic imine (C=N–C) groups is 1. The van der Waals surface area contributed by atoms with Gasteiger partial charge < -0.3 is 15.5 Å².